The van der Waals surface area contributed by atoms with Crippen molar-refractivity contribution in [3.63, 3.8) is 0 Å². The molecule has 0 aromatic carbocycles. The summed E-state index contributed by atoms with van der Waals surface area (Å²) in [4.78, 5) is 0. The Morgan fingerprint density at radius 1 is 0.786 bits per heavy atom. The average Bonchev–Trinajstić information content (AvgIpc) is 1.97. The number of hydrogen-bond acceptors (Lipinski definition) is 0. The van der Waals surface area contributed by atoms with Crippen molar-refractivity contribution in [2.45, 2.75) is 18.0 Å². The fourth-order valence-electron chi connectivity index (χ4n) is 0.507. The minimum Gasteiger partial charge on any atom is -0.215 e. The van der Waals surface area contributed by atoms with Crippen molar-refractivity contribution in [1.29, 1.82) is 0 Å². The van der Waals surface area contributed by atoms with Gasteiger partial charge in [0.05, 0.1) is 0 Å². The Balaban J connectivity index is 5.53. The van der Waals surface area contributed by atoms with Gasteiger partial charge in [0, 0.05) is 0 Å². The minimum absolute atomic E-state index is 1.72. The van der Waals surface area contributed by atoms with Crippen LogP contribution in [0.25, 0.3) is 0 Å². The normalized spacial score (nSPS) is 15.9. The van der Waals surface area contributed by atoms with Crippen molar-refractivity contribution in [3.8, 4) is 0 Å². The first kappa shape index (κ1) is 13.1. The van der Waals surface area contributed by atoms with E-state index in [4.69, 9.17) is 0 Å². The summed E-state index contributed by atoms with van der Waals surface area (Å²) in [6, 6.07) is 0. The van der Waals surface area contributed by atoms with Gasteiger partial charge in [0.2, 0.25) is 0 Å². The number of hydrogen-bond donors (Lipinski definition) is 0. The summed E-state index contributed by atoms with van der Waals surface area (Å²) >= 11 is 0. The molecular weight excluding hydrogens is 231 g/mol. The third-order valence-corrected chi connectivity index (χ3v) is 1.21. The smallest absolute Gasteiger partial charge is 0.215 e. The summed E-state index contributed by atoms with van der Waals surface area (Å²) in [6.45, 7) is 0. The van der Waals surface area contributed by atoms with E-state index in [0.717, 1.165) is 0 Å². The molecule has 0 saturated heterocycles. The lowest BCUT2D eigenvalue weighted by Crippen LogP contribution is -2.53. The van der Waals surface area contributed by atoms with Crippen molar-refractivity contribution >= 4 is 0 Å². The van der Waals surface area contributed by atoms with Crippen LogP contribution < -0.4 is 0 Å². The largest absolute Gasteiger partial charge is 0.438 e. The molecule has 0 heterocycles. The number of rotatable bonds is 1. The molecule has 0 aromatic heterocycles. The first-order valence-corrected chi connectivity index (χ1v) is 2.77. The van der Waals surface area contributed by atoms with Gasteiger partial charge in [-0.25, -0.2) is 13.2 Å². The highest BCUT2D eigenvalue weighted by molar-refractivity contribution is 5.15. The fourth-order valence-corrected chi connectivity index (χ4v) is 0.507. The Morgan fingerprint density at radius 3 is 1.14 bits per heavy atom. The third-order valence-electron chi connectivity index (χ3n) is 1.21. The van der Waals surface area contributed by atoms with Crippen LogP contribution in [-0.2, 0) is 0 Å². The Morgan fingerprint density at radius 2 is 1.07 bits per heavy atom. The van der Waals surface area contributed by atoms with E-state index in [1.54, 1.807) is 0 Å². The molecule has 0 aromatic rings. The van der Waals surface area contributed by atoms with E-state index >= 15 is 0 Å². The van der Waals surface area contributed by atoms with Crippen molar-refractivity contribution < 1.29 is 39.5 Å². The van der Waals surface area contributed by atoms with E-state index in [1.807, 2.05) is 0 Å². The Kier molecular flexibility index (Phi) is 3.14. The van der Waals surface area contributed by atoms with Crippen molar-refractivity contribution in [1.82, 2.24) is 0 Å². The number of halogens is 9. The fraction of sp³-hybridized carbons (Fsp3) is 0.600. The number of allylic oxidation sites excluding steroid dienone is 1. The molecule has 0 aliphatic rings. The van der Waals surface area contributed by atoms with Crippen LogP contribution in [0.2, 0.25) is 0 Å². The lowest BCUT2D eigenvalue weighted by Gasteiger charge is -2.27. The lowest BCUT2D eigenvalue weighted by molar-refractivity contribution is -0.331. The summed E-state index contributed by atoms with van der Waals surface area (Å²) in [7, 11) is 0. The molecule has 0 radical (unpaired) electrons. The molecule has 0 amide bonds. The Hall–Kier alpha value is -0.890. The highest BCUT2D eigenvalue weighted by Crippen LogP contribution is 2.50. The van der Waals surface area contributed by atoms with Gasteiger partial charge in [0.1, 0.15) is 6.33 Å². The second-order valence-corrected chi connectivity index (χ2v) is 2.11. The van der Waals surface area contributed by atoms with Gasteiger partial charge in [-0.15, -0.1) is 0 Å². The third kappa shape index (κ3) is 1.80. The standard InChI is InChI=1S/C5HF9/c6-1-2(7)3(8,4(9,10)11)5(12,13)14/h1H/b2-1+. The van der Waals surface area contributed by atoms with Crippen molar-refractivity contribution in [3.05, 3.63) is 12.2 Å². The molecule has 9 heteroatoms. The molecule has 0 aliphatic carbocycles. The van der Waals surface area contributed by atoms with E-state index in [2.05, 4.69) is 0 Å². The van der Waals surface area contributed by atoms with E-state index in [9.17, 15) is 39.5 Å². The van der Waals surface area contributed by atoms with Crippen LogP contribution in [0.15, 0.2) is 12.2 Å². The molecule has 84 valence electrons. The van der Waals surface area contributed by atoms with Gasteiger partial charge < -0.3 is 0 Å². The van der Waals surface area contributed by atoms with Crippen LogP contribution in [0.5, 0.6) is 0 Å². The predicted molar refractivity (Wildman–Crippen MR) is 26.2 cm³/mol. The molecule has 0 N–H and O–H groups in total. The summed E-state index contributed by atoms with van der Waals surface area (Å²) in [5.41, 5.74) is -6.30. The highest BCUT2D eigenvalue weighted by Gasteiger charge is 2.75. The second-order valence-electron chi connectivity index (χ2n) is 2.11. The van der Waals surface area contributed by atoms with Crippen LogP contribution in [0.3, 0.4) is 0 Å². The Bertz CT molecular complexity index is 217. The quantitative estimate of drug-likeness (QED) is 0.606. The molecule has 0 atom stereocenters. The monoisotopic (exact) mass is 232 g/mol. The van der Waals surface area contributed by atoms with Crippen LogP contribution in [0, 0.1) is 0 Å². The maximum absolute atomic E-state index is 12.3. The van der Waals surface area contributed by atoms with E-state index in [-0.39, 0.29) is 0 Å². The zero-order valence-corrected chi connectivity index (χ0v) is 5.98. The van der Waals surface area contributed by atoms with Gasteiger partial charge in [0.15, 0.2) is 5.83 Å². The summed E-state index contributed by atoms with van der Waals surface area (Å²) in [5, 5.41) is 0. The maximum atomic E-state index is 12.3. The molecule has 0 spiro atoms. The van der Waals surface area contributed by atoms with E-state index in [1.165, 1.54) is 0 Å². The molecule has 0 unspecified atom stereocenters. The zero-order valence-electron chi connectivity index (χ0n) is 5.98. The zero-order chi connectivity index (χ0) is 11.8. The highest BCUT2D eigenvalue weighted by atomic mass is 19.4. The maximum Gasteiger partial charge on any atom is 0.438 e. The molecule has 14 heavy (non-hydrogen) atoms. The van der Waals surface area contributed by atoms with Gasteiger partial charge in [-0.05, 0) is 0 Å². The Labute approximate surface area is 71.0 Å². The molecule has 0 bridgehead atoms. The van der Waals surface area contributed by atoms with Crippen LogP contribution in [-0.4, -0.2) is 18.0 Å². The summed E-state index contributed by atoms with van der Waals surface area (Å²) in [6.07, 6.45) is -14.9. The SMILES string of the molecule is F/C=C(/F)C(F)(C(F)(F)F)C(F)(F)F. The topological polar surface area (TPSA) is 0 Å². The van der Waals surface area contributed by atoms with Crippen molar-refractivity contribution in [2.75, 3.05) is 0 Å². The van der Waals surface area contributed by atoms with Gasteiger partial charge in [0.25, 0.3) is 0 Å². The molecule has 0 fully saturated rings. The lowest BCUT2D eigenvalue weighted by atomic mass is 10.0. The molecular formula is C5HF9. The van der Waals surface area contributed by atoms with Crippen LogP contribution in [0.1, 0.15) is 0 Å². The van der Waals surface area contributed by atoms with Gasteiger partial charge >= 0.3 is 18.0 Å². The first-order valence-electron chi connectivity index (χ1n) is 2.77. The summed E-state index contributed by atoms with van der Waals surface area (Å²) < 4.78 is 104. The number of alkyl halides is 7. The van der Waals surface area contributed by atoms with Crippen LogP contribution in [0.4, 0.5) is 39.5 Å². The minimum atomic E-state index is -6.61. The van der Waals surface area contributed by atoms with E-state index < -0.39 is 30.2 Å². The molecule has 0 nitrogen and oxygen atoms in total. The van der Waals surface area contributed by atoms with Gasteiger partial charge in [-0.2, -0.15) is 26.3 Å². The van der Waals surface area contributed by atoms with E-state index in [0.29, 0.717) is 0 Å². The molecule has 0 rings (SSSR count). The average molecular weight is 232 g/mol. The molecule has 0 aliphatic heterocycles. The summed E-state index contributed by atoms with van der Waals surface area (Å²) in [5.74, 6) is -3.59. The van der Waals surface area contributed by atoms with Gasteiger partial charge in [-0.3, -0.25) is 0 Å². The second kappa shape index (κ2) is 3.35. The molecule has 0 saturated carbocycles. The van der Waals surface area contributed by atoms with Crippen molar-refractivity contribution in [2.24, 2.45) is 0 Å². The van der Waals surface area contributed by atoms with Gasteiger partial charge in [-0.1, -0.05) is 0 Å². The first-order chi connectivity index (χ1) is 5.98. The predicted octanol–water partition coefficient (Wildman–Crippen LogP) is 3.60. The van der Waals surface area contributed by atoms with Crippen LogP contribution >= 0.6 is 0 Å².